The van der Waals surface area contributed by atoms with Crippen LogP contribution in [0.4, 0.5) is 13.6 Å². The van der Waals surface area contributed by atoms with Crippen LogP contribution >= 0.6 is 0 Å². The quantitative estimate of drug-likeness (QED) is 0.812. The van der Waals surface area contributed by atoms with E-state index in [4.69, 9.17) is 9.84 Å². The van der Waals surface area contributed by atoms with Gasteiger partial charge in [-0.25, -0.2) is 18.4 Å². The van der Waals surface area contributed by atoms with Gasteiger partial charge in [-0.15, -0.1) is 0 Å². The number of halogens is 2. The van der Waals surface area contributed by atoms with Crippen LogP contribution in [0, 0.1) is 0 Å². The molecule has 0 fully saturated rings. The molecule has 2 N–H and O–H groups in total. The zero-order chi connectivity index (χ0) is 14.8. The van der Waals surface area contributed by atoms with Crippen LogP contribution in [0.25, 0.3) is 0 Å². The Morgan fingerprint density at radius 3 is 2.53 bits per heavy atom. The van der Waals surface area contributed by atoms with Crippen LogP contribution in [0.2, 0.25) is 0 Å². The van der Waals surface area contributed by atoms with Gasteiger partial charge in [-0.2, -0.15) is 0 Å². The molecule has 0 bridgehead atoms. The van der Waals surface area contributed by atoms with Gasteiger partial charge in [-0.05, 0) is 33.3 Å². The Labute approximate surface area is 109 Å². The molecule has 0 spiro atoms. The van der Waals surface area contributed by atoms with Crippen LogP contribution < -0.4 is 5.32 Å². The highest BCUT2D eigenvalue weighted by atomic mass is 19.3. The van der Waals surface area contributed by atoms with Crippen LogP contribution in [0.1, 0.15) is 33.6 Å². The molecular weight excluding hydrogens is 260 g/mol. The highest BCUT2D eigenvalue weighted by Crippen LogP contribution is 2.33. The topological polar surface area (TPSA) is 75.6 Å². The van der Waals surface area contributed by atoms with Gasteiger partial charge in [-0.1, -0.05) is 0 Å². The van der Waals surface area contributed by atoms with Gasteiger partial charge in [0.2, 0.25) is 0 Å². The first kappa shape index (κ1) is 15.4. The third kappa shape index (κ3) is 4.50. The number of nitrogens with one attached hydrogen (secondary N) is 1. The van der Waals surface area contributed by atoms with E-state index >= 15 is 0 Å². The summed E-state index contributed by atoms with van der Waals surface area (Å²) in [5.41, 5.74) is -0.945. The van der Waals surface area contributed by atoms with Crippen molar-refractivity contribution in [3.63, 3.8) is 0 Å². The van der Waals surface area contributed by atoms with E-state index in [-0.39, 0.29) is 12.0 Å². The second kappa shape index (κ2) is 5.14. The van der Waals surface area contributed by atoms with E-state index in [0.29, 0.717) is 0 Å². The number of amides is 1. The van der Waals surface area contributed by atoms with Gasteiger partial charge in [0.15, 0.2) is 0 Å². The Morgan fingerprint density at radius 1 is 1.47 bits per heavy atom. The minimum atomic E-state index is -3.18. The van der Waals surface area contributed by atoms with Gasteiger partial charge in [0.25, 0.3) is 5.92 Å². The monoisotopic (exact) mass is 277 g/mol. The number of hydrogen-bond donors (Lipinski definition) is 2. The molecule has 0 unspecified atom stereocenters. The number of alkyl halides is 2. The maximum Gasteiger partial charge on any atom is 0.408 e. The van der Waals surface area contributed by atoms with Gasteiger partial charge >= 0.3 is 12.1 Å². The molecule has 0 aromatic rings. The number of carbonyl (C=O) groups is 2. The Hall–Kier alpha value is -1.66. The van der Waals surface area contributed by atoms with Crippen LogP contribution in [0.3, 0.4) is 0 Å². The molecule has 5 nitrogen and oxygen atoms in total. The van der Waals surface area contributed by atoms with Gasteiger partial charge in [-0.3, -0.25) is 0 Å². The highest BCUT2D eigenvalue weighted by molar-refractivity contribution is 5.87. The summed E-state index contributed by atoms with van der Waals surface area (Å²) in [4.78, 5) is 22.2. The standard InChI is InChI=1S/C12H17F2NO4/c1-11(2,3)19-10(18)15-8-6-7(9(16)17)4-5-12(8,13)14/h6,8H,4-5H2,1-3H3,(H,15,18)(H,16,17)/t8-/m0/s1. The van der Waals surface area contributed by atoms with Gasteiger partial charge in [0, 0.05) is 12.0 Å². The average Bonchev–Trinajstić information content (AvgIpc) is 2.17. The predicted molar refractivity (Wildman–Crippen MR) is 63.1 cm³/mol. The summed E-state index contributed by atoms with van der Waals surface area (Å²) >= 11 is 0. The minimum absolute atomic E-state index is 0.132. The number of carboxylic acids is 1. The number of alkyl carbamates (subject to hydrolysis) is 1. The summed E-state index contributed by atoms with van der Waals surface area (Å²) < 4.78 is 32.1. The van der Waals surface area contributed by atoms with Crippen molar-refractivity contribution < 1.29 is 28.2 Å². The van der Waals surface area contributed by atoms with E-state index in [1.54, 1.807) is 20.8 Å². The molecule has 7 heteroatoms. The van der Waals surface area contributed by atoms with Crippen molar-refractivity contribution in [3.05, 3.63) is 11.6 Å². The maximum atomic E-state index is 13.6. The number of hydrogen-bond acceptors (Lipinski definition) is 3. The molecule has 0 aromatic heterocycles. The fourth-order valence-corrected chi connectivity index (χ4v) is 1.62. The molecule has 0 saturated carbocycles. The lowest BCUT2D eigenvalue weighted by atomic mass is 9.92. The minimum Gasteiger partial charge on any atom is -0.478 e. The van der Waals surface area contributed by atoms with E-state index in [0.717, 1.165) is 6.08 Å². The summed E-state index contributed by atoms with van der Waals surface area (Å²) in [6.07, 6.45) is -0.976. The number of carbonyl (C=O) groups excluding carboxylic acids is 1. The molecule has 0 aromatic carbocycles. The number of carboxylic acid groups (broad SMARTS) is 1. The van der Waals surface area contributed by atoms with Crippen LogP contribution in [0.15, 0.2) is 11.6 Å². The number of ether oxygens (including phenoxy) is 1. The largest absolute Gasteiger partial charge is 0.478 e. The van der Waals surface area contributed by atoms with Gasteiger partial charge in [0.1, 0.15) is 11.6 Å². The first-order valence-electron chi connectivity index (χ1n) is 5.82. The summed E-state index contributed by atoms with van der Waals surface area (Å²) in [5.74, 6) is -4.44. The molecule has 0 aliphatic heterocycles. The third-order valence-corrected chi connectivity index (χ3v) is 2.50. The number of aliphatic carboxylic acids is 1. The Morgan fingerprint density at radius 2 is 2.05 bits per heavy atom. The lowest BCUT2D eigenvalue weighted by Gasteiger charge is -2.30. The molecule has 108 valence electrons. The Bertz CT molecular complexity index is 412. The van der Waals surface area contributed by atoms with E-state index in [9.17, 15) is 18.4 Å². The van der Waals surface area contributed by atoms with Crippen molar-refractivity contribution in [2.75, 3.05) is 0 Å². The zero-order valence-electron chi connectivity index (χ0n) is 11.0. The molecule has 1 aliphatic rings. The molecule has 1 atom stereocenters. The average molecular weight is 277 g/mol. The van der Waals surface area contributed by atoms with Crippen LogP contribution in [-0.4, -0.2) is 34.7 Å². The van der Waals surface area contributed by atoms with E-state index < -0.39 is 36.0 Å². The zero-order valence-corrected chi connectivity index (χ0v) is 11.0. The first-order chi connectivity index (χ1) is 8.51. The molecule has 19 heavy (non-hydrogen) atoms. The highest BCUT2D eigenvalue weighted by Gasteiger charge is 2.43. The van der Waals surface area contributed by atoms with Crippen LogP contribution in [-0.2, 0) is 9.53 Å². The molecule has 0 heterocycles. The molecule has 1 rings (SSSR count). The molecule has 0 saturated heterocycles. The smallest absolute Gasteiger partial charge is 0.408 e. The molecule has 1 amide bonds. The van der Waals surface area contributed by atoms with E-state index in [1.165, 1.54) is 0 Å². The van der Waals surface area contributed by atoms with Crippen molar-refractivity contribution in [2.24, 2.45) is 0 Å². The summed E-state index contributed by atoms with van der Waals surface area (Å²) in [7, 11) is 0. The van der Waals surface area contributed by atoms with Crippen molar-refractivity contribution >= 4 is 12.1 Å². The lowest BCUT2D eigenvalue weighted by molar-refractivity contribution is -0.133. The van der Waals surface area contributed by atoms with Crippen molar-refractivity contribution in [2.45, 2.75) is 51.2 Å². The Kier molecular flexibility index (Phi) is 4.17. The van der Waals surface area contributed by atoms with E-state index in [2.05, 4.69) is 0 Å². The fraction of sp³-hybridized carbons (Fsp3) is 0.667. The van der Waals surface area contributed by atoms with Crippen LogP contribution in [0.5, 0.6) is 0 Å². The van der Waals surface area contributed by atoms with Crippen molar-refractivity contribution in [1.82, 2.24) is 5.32 Å². The summed E-state index contributed by atoms with van der Waals surface area (Å²) in [6.45, 7) is 4.80. The second-order valence-electron chi connectivity index (χ2n) is 5.38. The number of rotatable bonds is 2. The van der Waals surface area contributed by atoms with Gasteiger partial charge in [0.05, 0.1) is 0 Å². The van der Waals surface area contributed by atoms with Gasteiger partial charge < -0.3 is 15.2 Å². The van der Waals surface area contributed by atoms with E-state index in [1.807, 2.05) is 5.32 Å². The fourth-order valence-electron chi connectivity index (χ4n) is 1.62. The molecule has 1 aliphatic carbocycles. The van der Waals surface area contributed by atoms with Crippen molar-refractivity contribution in [3.8, 4) is 0 Å². The molecule has 0 radical (unpaired) electrons. The first-order valence-corrected chi connectivity index (χ1v) is 5.82. The normalized spacial score (nSPS) is 22.4. The summed E-state index contributed by atoms with van der Waals surface area (Å²) in [6, 6.07) is -1.66. The second-order valence-corrected chi connectivity index (χ2v) is 5.38. The maximum absolute atomic E-state index is 13.6. The summed E-state index contributed by atoms with van der Waals surface area (Å²) in [5, 5.41) is 10.8. The predicted octanol–water partition coefficient (Wildman–Crippen LogP) is 2.32. The Balaban J connectivity index is 2.80. The molecular formula is C12H17F2NO4. The van der Waals surface area contributed by atoms with Crippen molar-refractivity contribution in [1.29, 1.82) is 0 Å². The SMILES string of the molecule is CC(C)(C)OC(=O)N[C@H]1C=C(C(=O)O)CCC1(F)F. The third-order valence-electron chi connectivity index (χ3n) is 2.50. The lowest BCUT2D eigenvalue weighted by Crippen LogP contribution is -2.49.